The number of fused-ring (bicyclic) bond motifs is 2. The molecule has 0 spiro atoms. The van der Waals surface area contributed by atoms with Gasteiger partial charge in [-0.3, -0.25) is 0 Å². The fraction of sp³-hybridized carbons (Fsp3) is 0. The van der Waals surface area contributed by atoms with E-state index in [1.54, 1.807) is 6.20 Å². The molecule has 0 aliphatic carbocycles. The summed E-state index contributed by atoms with van der Waals surface area (Å²) in [5, 5.41) is 9.41. The fourth-order valence-corrected chi connectivity index (χ4v) is 1.61. The second kappa shape index (κ2) is 2.88. The molecule has 0 amide bonds. The minimum Gasteiger partial charge on any atom is -0.249 e. The molecule has 0 N–H and O–H groups in total. The summed E-state index contributed by atoms with van der Waals surface area (Å²) < 4.78 is 1.43. The first-order valence-electron chi connectivity index (χ1n) is 4.58. The first kappa shape index (κ1) is 8.11. The van der Waals surface area contributed by atoms with E-state index in [2.05, 4.69) is 10.2 Å². The second-order valence-electron chi connectivity index (χ2n) is 3.30. The van der Waals surface area contributed by atoms with Crippen LogP contribution in [-0.4, -0.2) is 14.8 Å². The van der Waals surface area contributed by atoms with Gasteiger partial charge in [-0.15, -0.1) is 5.10 Å². The van der Waals surface area contributed by atoms with Crippen molar-refractivity contribution in [3.05, 3.63) is 53.1 Å². The van der Waals surface area contributed by atoms with Crippen LogP contribution in [0.1, 0.15) is 0 Å². The predicted octanol–water partition coefficient (Wildman–Crippen LogP) is 1.22. The third kappa shape index (κ3) is 1.19. The Kier molecular flexibility index (Phi) is 1.56. The molecule has 2 heterocycles. The van der Waals surface area contributed by atoms with Crippen LogP contribution in [-0.2, 0) is 0 Å². The van der Waals surface area contributed by atoms with E-state index in [0.717, 1.165) is 10.8 Å². The lowest BCUT2D eigenvalue weighted by molar-refractivity contribution is 0.998. The lowest BCUT2D eigenvalue weighted by atomic mass is 10.2. The zero-order chi connectivity index (χ0) is 10.3. The van der Waals surface area contributed by atoms with E-state index >= 15 is 0 Å². The van der Waals surface area contributed by atoms with Crippen LogP contribution >= 0.6 is 0 Å². The van der Waals surface area contributed by atoms with Crippen LogP contribution in [0.3, 0.4) is 0 Å². The zero-order valence-corrected chi connectivity index (χ0v) is 7.79. The van der Waals surface area contributed by atoms with Gasteiger partial charge in [-0.25, -0.2) is 9.36 Å². The number of hydrogen-bond acceptors (Lipinski definition) is 3. The Labute approximate surface area is 85.1 Å². The van der Waals surface area contributed by atoms with Gasteiger partial charge in [-0.2, -0.15) is 0 Å². The van der Waals surface area contributed by atoms with Crippen molar-refractivity contribution in [1.82, 2.24) is 14.8 Å². The van der Waals surface area contributed by atoms with Crippen molar-refractivity contribution in [2.45, 2.75) is 0 Å². The molecule has 0 saturated heterocycles. The number of rotatable bonds is 0. The van der Waals surface area contributed by atoms with Crippen LogP contribution in [0.25, 0.3) is 16.6 Å². The van der Waals surface area contributed by atoms with Crippen molar-refractivity contribution in [2.75, 3.05) is 0 Å². The van der Waals surface area contributed by atoms with Gasteiger partial charge in [0.1, 0.15) is 0 Å². The Bertz CT molecular complexity index is 659. The normalized spacial score (nSPS) is 10.9. The molecule has 4 heteroatoms. The third-order valence-electron chi connectivity index (χ3n) is 2.37. The lowest BCUT2D eigenvalue weighted by Crippen LogP contribution is -2.11. The van der Waals surface area contributed by atoms with Crippen LogP contribution in [0.5, 0.6) is 0 Å². The molecule has 72 valence electrons. The molecule has 3 rings (SSSR count). The predicted molar refractivity (Wildman–Crippen MR) is 56.3 cm³/mol. The smallest absolute Gasteiger partial charge is 0.249 e. The maximum absolute atomic E-state index is 11.3. The van der Waals surface area contributed by atoms with E-state index in [4.69, 9.17) is 0 Å². The topological polar surface area (TPSA) is 47.8 Å². The summed E-state index contributed by atoms with van der Waals surface area (Å²) in [7, 11) is 0. The Morgan fingerprint density at radius 2 is 1.80 bits per heavy atom. The molecule has 1 aromatic rings. The first-order chi connectivity index (χ1) is 7.34. The van der Waals surface area contributed by atoms with E-state index in [1.807, 2.05) is 36.4 Å². The highest BCUT2D eigenvalue weighted by Gasteiger charge is 2.05. The van der Waals surface area contributed by atoms with Crippen LogP contribution in [0.15, 0.2) is 47.4 Å². The summed E-state index contributed by atoms with van der Waals surface area (Å²) in [4.78, 5) is 11.3. The van der Waals surface area contributed by atoms with E-state index in [0.29, 0.717) is 5.82 Å². The summed E-state index contributed by atoms with van der Waals surface area (Å²) in [5.41, 5.74) is -0.342. The van der Waals surface area contributed by atoms with Gasteiger partial charge in [0, 0.05) is 6.20 Å². The quantitative estimate of drug-likeness (QED) is 0.544. The Morgan fingerprint density at radius 3 is 2.67 bits per heavy atom. The molecule has 0 radical (unpaired) electrons. The summed E-state index contributed by atoms with van der Waals surface area (Å²) in [6.45, 7) is 0. The number of hydrogen-bond donors (Lipinski definition) is 0. The molecule has 2 aliphatic rings. The zero-order valence-electron chi connectivity index (χ0n) is 7.79. The maximum atomic E-state index is 11.3. The maximum Gasteiger partial charge on any atom is 0.372 e. The molecule has 15 heavy (non-hydrogen) atoms. The minimum absolute atomic E-state index is 0.342. The monoisotopic (exact) mass is 197 g/mol. The van der Waals surface area contributed by atoms with Crippen molar-refractivity contribution in [3.63, 3.8) is 0 Å². The van der Waals surface area contributed by atoms with Crippen molar-refractivity contribution in [2.24, 2.45) is 0 Å². The largest absolute Gasteiger partial charge is 0.372 e. The van der Waals surface area contributed by atoms with Gasteiger partial charge in [0.25, 0.3) is 0 Å². The van der Waals surface area contributed by atoms with Crippen molar-refractivity contribution in [3.8, 4) is 5.82 Å². The van der Waals surface area contributed by atoms with Crippen LogP contribution in [0.4, 0.5) is 0 Å². The Morgan fingerprint density at radius 1 is 1.00 bits per heavy atom. The van der Waals surface area contributed by atoms with Crippen LogP contribution in [0.2, 0.25) is 0 Å². The highest BCUT2D eigenvalue weighted by molar-refractivity contribution is 5.82. The average molecular weight is 197 g/mol. The number of aromatic nitrogens is 3. The van der Waals surface area contributed by atoms with Crippen molar-refractivity contribution < 1.29 is 0 Å². The van der Waals surface area contributed by atoms with E-state index < -0.39 is 0 Å². The summed E-state index contributed by atoms with van der Waals surface area (Å²) in [6.07, 6.45) is 1.69. The second-order valence-corrected chi connectivity index (χ2v) is 3.30. The molecular weight excluding hydrogens is 190 g/mol. The van der Waals surface area contributed by atoms with Gasteiger partial charge in [0.05, 0.1) is 0 Å². The standard InChI is InChI=1S/C11H7N3O/c15-11-13-12-10-7-9-4-2-1-3-8(9)5-6-14(10)11/h1-7H. The Hall–Kier alpha value is -2.23. The summed E-state index contributed by atoms with van der Waals surface area (Å²) in [5.74, 6) is 0.571. The van der Waals surface area contributed by atoms with E-state index in [9.17, 15) is 4.79 Å². The summed E-state index contributed by atoms with van der Waals surface area (Å²) >= 11 is 0. The first-order valence-corrected chi connectivity index (χ1v) is 4.58. The minimum atomic E-state index is -0.342. The molecule has 0 aromatic heterocycles. The SMILES string of the molecule is O=c1nnc2cc3ccccc3ccn1-2. The number of nitrogens with zero attached hydrogens (tertiary/aromatic N) is 3. The lowest BCUT2D eigenvalue weighted by Gasteiger charge is -1.89. The van der Waals surface area contributed by atoms with Gasteiger partial charge < -0.3 is 0 Å². The fourth-order valence-electron chi connectivity index (χ4n) is 1.61. The van der Waals surface area contributed by atoms with Gasteiger partial charge in [-0.1, -0.05) is 29.4 Å². The average Bonchev–Trinajstić information content (AvgIpc) is 2.51. The van der Waals surface area contributed by atoms with E-state index in [1.165, 1.54) is 4.57 Å². The van der Waals surface area contributed by atoms with Gasteiger partial charge >= 0.3 is 5.69 Å². The van der Waals surface area contributed by atoms with Gasteiger partial charge in [0.2, 0.25) is 0 Å². The van der Waals surface area contributed by atoms with Gasteiger partial charge in [-0.05, 0) is 22.9 Å². The van der Waals surface area contributed by atoms with Gasteiger partial charge in [0.15, 0.2) is 5.82 Å². The number of benzene rings is 1. The molecule has 0 fully saturated rings. The Balaban J connectivity index is 2.51. The molecule has 0 bridgehead atoms. The van der Waals surface area contributed by atoms with Crippen molar-refractivity contribution >= 4 is 10.8 Å². The molecule has 4 nitrogen and oxygen atoms in total. The molecule has 0 unspecified atom stereocenters. The van der Waals surface area contributed by atoms with E-state index in [-0.39, 0.29) is 5.69 Å². The van der Waals surface area contributed by atoms with Crippen molar-refractivity contribution in [1.29, 1.82) is 0 Å². The van der Waals surface area contributed by atoms with Crippen LogP contribution in [0, 0.1) is 0 Å². The molecule has 2 aliphatic heterocycles. The summed E-state index contributed by atoms with van der Waals surface area (Å²) in [6, 6.07) is 11.6. The molecule has 0 saturated carbocycles. The highest BCUT2D eigenvalue weighted by Crippen LogP contribution is 2.14. The van der Waals surface area contributed by atoms with Crippen LogP contribution < -0.4 is 5.69 Å². The molecule has 0 atom stereocenters. The highest BCUT2D eigenvalue weighted by atomic mass is 16.1. The third-order valence-corrected chi connectivity index (χ3v) is 2.37. The molecular formula is C11H7N3O. The molecule has 1 aromatic carbocycles.